The molecular weight excluding hydrogens is 288 g/mol. The van der Waals surface area contributed by atoms with E-state index in [4.69, 9.17) is 10.5 Å². The quantitative estimate of drug-likeness (QED) is 0.912. The molecule has 1 heterocycles. The summed E-state index contributed by atoms with van der Waals surface area (Å²) in [4.78, 5) is 14.6. The summed E-state index contributed by atoms with van der Waals surface area (Å²) in [7, 11) is 1.62. The van der Waals surface area contributed by atoms with Crippen LogP contribution in [0.4, 0.5) is 0 Å². The Hall–Kier alpha value is -1.26. The van der Waals surface area contributed by atoms with Gasteiger partial charge >= 0.3 is 0 Å². The van der Waals surface area contributed by atoms with Gasteiger partial charge in [-0.25, -0.2) is 0 Å². The highest BCUT2D eigenvalue weighted by Gasteiger charge is 2.40. The van der Waals surface area contributed by atoms with E-state index in [-0.39, 0.29) is 24.4 Å². The number of halogens is 1. The molecule has 1 saturated heterocycles. The minimum Gasteiger partial charge on any atom is -0.497 e. The number of carbonyl (C=O) groups is 1. The average molecular weight is 311 g/mol. The van der Waals surface area contributed by atoms with Crippen molar-refractivity contribution < 1.29 is 9.53 Å². The molecule has 3 atom stereocenters. The zero-order valence-corrected chi connectivity index (χ0v) is 13.1. The molecule has 1 aromatic carbocycles. The van der Waals surface area contributed by atoms with Crippen LogP contribution in [0, 0.1) is 11.8 Å². The Morgan fingerprint density at radius 2 is 2.14 bits per heavy atom. The maximum atomic E-state index is 12.6. The standard InChI is InChI=1S/C16H22N2O2.ClH/c1-20-13-6-2-4-11(8-13)16(19)18-9-12-5-3-7-15(17)14(12)10-18;/h2,4,6,8,12,14-15H,3,5,7,9-10,17H2,1H3;1H. The molecule has 0 aromatic heterocycles. The number of carbonyl (C=O) groups excluding carboxylic acids is 1. The Morgan fingerprint density at radius 1 is 1.33 bits per heavy atom. The van der Waals surface area contributed by atoms with Crippen molar-refractivity contribution in [2.75, 3.05) is 20.2 Å². The molecule has 21 heavy (non-hydrogen) atoms. The summed E-state index contributed by atoms with van der Waals surface area (Å²) >= 11 is 0. The normalized spacial score (nSPS) is 27.7. The molecule has 1 saturated carbocycles. The lowest BCUT2D eigenvalue weighted by Gasteiger charge is -2.29. The molecule has 2 fully saturated rings. The van der Waals surface area contributed by atoms with E-state index < -0.39 is 0 Å². The summed E-state index contributed by atoms with van der Waals surface area (Å²) in [6.07, 6.45) is 3.51. The van der Waals surface area contributed by atoms with Crippen molar-refractivity contribution in [3.05, 3.63) is 29.8 Å². The highest BCUT2D eigenvalue weighted by Crippen LogP contribution is 2.36. The van der Waals surface area contributed by atoms with Gasteiger partial charge in [0.1, 0.15) is 5.75 Å². The van der Waals surface area contributed by atoms with Crippen molar-refractivity contribution in [1.82, 2.24) is 4.90 Å². The van der Waals surface area contributed by atoms with E-state index in [9.17, 15) is 4.79 Å². The number of hydrogen-bond acceptors (Lipinski definition) is 3. The number of ether oxygens (including phenoxy) is 1. The molecule has 2 N–H and O–H groups in total. The molecule has 2 aliphatic rings. The van der Waals surface area contributed by atoms with Crippen LogP contribution >= 0.6 is 12.4 Å². The monoisotopic (exact) mass is 310 g/mol. The number of methoxy groups -OCH3 is 1. The van der Waals surface area contributed by atoms with Gasteiger partial charge in [-0.2, -0.15) is 0 Å². The van der Waals surface area contributed by atoms with Crippen LogP contribution in [-0.4, -0.2) is 37.0 Å². The fourth-order valence-corrected chi connectivity index (χ4v) is 3.62. The Bertz CT molecular complexity index is 509. The minimum atomic E-state index is 0. The number of rotatable bonds is 2. The molecule has 3 unspecified atom stereocenters. The molecule has 0 bridgehead atoms. The van der Waals surface area contributed by atoms with Crippen molar-refractivity contribution in [1.29, 1.82) is 0 Å². The van der Waals surface area contributed by atoms with Gasteiger partial charge in [-0.1, -0.05) is 12.5 Å². The smallest absolute Gasteiger partial charge is 0.254 e. The third kappa shape index (κ3) is 3.16. The summed E-state index contributed by atoms with van der Waals surface area (Å²) in [6, 6.07) is 7.64. The van der Waals surface area contributed by atoms with Gasteiger partial charge in [0.15, 0.2) is 0 Å². The molecule has 3 rings (SSSR count). The number of benzene rings is 1. The predicted octanol–water partition coefficient (Wildman–Crippen LogP) is 2.32. The van der Waals surface area contributed by atoms with E-state index in [2.05, 4.69) is 0 Å². The maximum absolute atomic E-state index is 12.6. The Morgan fingerprint density at radius 3 is 2.86 bits per heavy atom. The summed E-state index contributed by atoms with van der Waals surface area (Å²) in [6.45, 7) is 1.66. The van der Waals surface area contributed by atoms with Crippen LogP contribution in [0.1, 0.15) is 29.6 Å². The van der Waals surface area contributed by atoms with Crippen LogP contribution in [0.25, 0.3) is 0 Å². The largest absolute Gasteiger partial charge is 0.497 e. The third-order valence-corrected chi connectivity index (χ3v) is 4.76. The maximum Gasteiger partial charge on any atom is 0.254 e. The molecule has 116 valence electrons. The van der Waals surface area contributed by atoms with Gasteiger partial charge in [0.05, 0.1) is 7.11 Å². The van der Waals surface area contributed by atoms with E-state index in [1.807, 2.05) is 29.2 Å². The average Bonchev–Trinajstić information content (AvgIpc) is 2.92. The molecule has 5 heteroatoms. The SMILES string of the molecule is COc1cccc(C(=O)N2CC3CCCC(N)C3C2)c1.Cl. The van der Waals surface area contributed by atoms with Gasteiger partial charge in [-0.3, -0.25) is 4.79 Å². The number of nitrogens with zero attached hydrogens (tertiary/aromatic N) is 1. The van der Waals surface area contributed by atoms with E-state index in [1.165, 1.54) is 12.8 Å². The minimum absolute atomic E-state index is 0. The van der Waals surface area contributed by atoms with Crippen molar-refractivity contribution in [2.24, 2.45) is 17.6 Å². The summed E-state index contributed by atoms with van der Waals surface area (Å²) in [5, 5.41) is 0. The first-order chi connectivity index (χ1) is 9.69. The third-order valence-electron chi connectivity index (χ3n) is 4.76. The van der Waals surface area contributed by atoms with Gasteiger partial charge in [0.2, 0.25) is 0 Å². The molecule has 1 aliphatic carbocycles. The van der Waals surface area contributed by atoms with Gasteiger partial charge in [0, 0.05) is 24.7 Å². The fraction of sp³-hybridized carbons (Fsp3) is 0.562. The fourth-order valence-electron chi connectivity index (χ4n) is 3.62. The summed E-state index contributed by atoms with van der Waals surface area (Å²) in [5.41, 5.74) is 6.91. The first kappa shape index (κ1) is 16.1. The predicted molar refractivity (Wildman–Crippen MR) is 85.0 cm³/mol. The molecule has 1 aliphatic heterocycles. The first-order valence-corrected chi connectivity index (χ1v) is 7.38. The Balaban J connectivity index is 0.00000161. The summed E-state index contributed by atoms with van der Waals surface area (Å²) in [5.74, 6) is 1.90. The highest BCUT2D eigenvalue weighted by atomic mass is 35.5. The second-order valence-corrected chi connectivity index (χ2v) is 5.96. The van der Waals surface area contributed by atoms with E-state index in [1.54, 1.807) is 7.11 Å². The van der Waals surface area contributed by atoms with Crippen LogP contribution in [0.2, 0.25) is 0 Å². The van der Waals surface area contributed by atoms with Crippen molar-refractivity contribution in [2.45, 2.75) is 25.3 Å². The van der Waals surface area contributed by atoms with E-state index >= 15 is 0 Å². The first-order valence-electron chi connectivity index (χ1n) is 7.38. The van der Waals surface area contributed by atoms with Gasteiger partial charge in [0.25, 0.3) is 5.91 Å². The molecule has 1 aromatic rings. The lowest BCUT2D eigenvalue weighted by Crippen LogP contribution is -2.38. The molecular formula is C16H23ClN2O2. The molecule has 0 spiro atoms. The second-order valence-electron chi connectivity index (χ2n) is 5.96. The van der Waals surface area contributed by atoms with Crippen LogP contribution in [0.5, 0.6) is 5.75 Å². The zero-order valence-electron chi connectivity index (χ0n) is 12.3. The molecule has 0 radical (unpaired) electrons. The number of amides is 1. The van der Waals surface area contributed by atoms with E-state index in [0.29, 0.717) is 17.4 Å². The molecule has 4 nitrogen and oxygen atoms in total. The Kier molecular flexibility index (Phi) is 5.12. The van der Waals surface area contributed by atoms with Crippen LogP contribution < -0.4 is 10.5 Å². The number of likely N-dealkylation sites (tertiary alicyclic amines) is 1. The van der Waals surface area contributed by atoms with Gasteiger partial charge < -0.3 is 15.4 Å². The Labute approximate surface area is 132 Å². The van der Waals surface area contributed by atoms with Crippen molar-refractivity contribution in [3.63, 3.8) is 0 Å². The highest BCUT2D eigenvalue weighted by molar-refractivity contribution is 5.94. The zero-order chi connectivity index (χ0) is 14.1. The van der Waals surface area contributed by atoms with Gasteiger partial charge in [-0.15, -0.1) is 12.4 Å². The molecule has 1 amide bonds. The second kappa shape index (κ2) is 6.67. The van der Waals surface area contributed by atoms with Crippen LogP contribution in [-0.2, 0) is 0 Å². The number of nitrogens with two attached hydrogens (primary N) is 1. The lowest BCUT2D eigenvalue weighted by molar-refractivity contribution is 0.0783. The number of fused-ring (bicyclic) bond motifs is 1. The van der Waals surface area contributed by atoms with Gasteiger partial charge in [-0.05, 0) is 42.9 Å². The number of hydrogen-bond donors (Lipinski definition) is 1. The topological polar surface area (TPSA) is 55.6 Å². The lowest BCUT2D eigenvalue weighted by atomic mass is 9.78. The van der Waals surface area contributed by atoms with E-state index in [0.717, 1.165) is 25.3 Å². The summed E-state index contributed by atoms with van der Waals surface area (Å²) < 4.78 is 5.19. The van der Waals surface area contributed by atoms with Crippen LogP contribution in [0.3, 0.4) is 0 Å². The van der Waals surface area contributed by atoms with Crippen molar-refractivity contribution in [3.8, 4) is 5.75 Å². The van der Waals surface area contributed by atoms with Crippen LogP contribution in [0.15, 0.2) is 24.3 Å². The van der Waals surface area contributed by atoms with Crippen molar-refractivity contribution >= 4 is 18.3 Å².